The molecule has 4 aliphatic heterocycles. The summed E-state index contributed by atoms with van der Waals surface area (Å²) in [6, 6.07) is 128. The van der Waals surface area contributed by atoms with Crippen LogP contribution >= 0.6 is 22.7 Å². The monoisotopic (exact) mass is 1310 g/mol. The molecule has 0 unspecified atom stereocenters. The van der Waals surface area contributed by atoms with Gasteiger partial charge in [0.1, 0.15) is 11.5 Å². The Balaban J connectivity index is 0.886. The number of fused-ring (bicyclic) bond motifs is 14. The Hall–Kier alpha value is -12.3. The minimum atomic E-state index is -0.232. The lowest BCUT2D eigenvalue weighted by Gasteiger charge is -2.47. The number of para-hydroxylation sites is 7. The first-order chi connectivity index (χ1) is 49.6. The molecule has 0 amide bonds. The van der Waals surface area contributed by atoms with E-state index in [0.29, 0.717) is 0 Å². The van der Waals surface area contributed by atoms with Gasteiger partial charge in [0.05, 0.1) is 28.4 Å². The Labute approximate surface area is 588 Å². The number of hydrogen-bond acceptors (Lipinski definition) is 8. The van der Waals surface area contributed by atoms with Crippen molar-refractivity contribution >= 4 is 195 Å². The summed E-state index contributed by atoms with van der Waals surface area (Å²) in [7, 11) is 0. The second-order valence-corrected chi connectivity index (χ2v) is 28.4. The summed E-state index contributed by atoms with van der Waals surface area (Å²) in [6.07, 6.45) is 0. The van der Waals surface area contributed by atoms with Crippen molar-refractivity contribution in [1.29, 1.82) is 0 Å². The number of ether oxygens (including phenoxy) is 1. The number of thiophene rings is 2. The van der Waals surface area contributed by atoms with Crippen LogP contribution in [0.25, 0.3) is 51.5 Å². The van der Waals surface area contributed by atoms with Crippen LogP contribution in [0.5, 0.6) is 11.5 Å². The fourth-order valence-electron chi connectivity index (χ4n) is 16.8. The van der Waals surface area contributed by atoms with Crippen LogP contribution in [0.1, 0.15) is 0 Å². The third kappa shape index (κ3) is 8.64. The summed E-state index contributed by atoms with van der Waals surface area (Å²) in [5.41, 5.74) is 25.7. The van der Waals surface area contributed by atoms with Crippen LogP contribution in [0.3, 0.4) is 0 Å². The average molecular weight is 1310 g/mol. The quantitative estimate of drug-likeness (QED) is 0.127. The molecule has 2 aromatic heterocycles. The molecule has 0 saturated heterocycles. The zero-order chi connectivity index (χ0) is 65.5. The van der Waals surface area contributed by atoms with Gasteiger partial charge in [0, 0.05) is 109 Å². The van der Waals surface area contributed by atoms with Gasteiger partial charge < -0.3 is 29.2 Å². The zero-order valence-corrected chi connectivity index (χ0v) is 55.7. The number of hydrogen-bond donors (Lipinski definition) is 0. The first-order valence-corrected chi connectivity index (χ1v) is 35.8. The molecular weight excluding hydrogens is 1250 g/mol. The second-order valence-electron chi connectivity index (χ2n) is 26.2. The van der Waals surface area contributed by atoms with Crippen LogP contribution in [-0.4, -0.2) is 13.4 Å². The third-order valence-corrected chi connectivity index (χ3v) is 23.1. The van der Waals surface area contributed by atoms with Crippen molar-refractivity contribution in [2.45, 2.75) is 0 Å². The van der Waals surface area contributed by atoms with Gasteiger partial charge in [0.15, 0.2) is 0 Å². The molecule has 21 rings (SSSR count). The fourth-order valence-corrected chi connectivity index (χ4v) is 19.0. The zero-order valence-electron chi connectivity index (χ0n) is 54.0. The normalized spacial score (nSPS) is 13.0. The largest absolute Gasteiger partial charge is 0.458 e. The van der Waals surface area contributed by atoms with Crippen molar-refractivity contribution < 1.29 is 4.74 Å². The maximum absolute atomic E-state index is 7.51. The number of benzene rings is 15. The summed E-state index contributed by atoms with van der Waals surface area (Å²) in [5, 5.41) is 4.92. The standard InChI is InChI=1S/C90H57B2N5OS2/c1-6-28-58(29-7-1)65-38-16-21-43-72(65)93(59-30-8-2-9-31-59)64-54-80-90-82(55-64)98-81-47-23-20-42-69(81)92(90)71-56-70-76(57-77(71)97(80)75-46-27-51-86-88(75)67-40-18-25-49-84(67)100-86)96(62-36-14-5-15-37-62)79-53-63(52-78-89(79)91(70)68-41-19-22-44-73(68)95(78)61-34-12-4-13-35-61)94(60-32-10-3-11-33-60)74-45-26-50-85-87(74)66-39-17-24-48-83(66)99-85/h1-57H. The van der Waals surface area contributed by atoms with Crippen molar-refractivity contribution in [1.82, 2.24) is 0 Å². The van der Waals surface area contributed by atoms with Gasteiger partial charge in [0.25, 0.3) is 13.4 Å². The molecular formula is C90H57B2N5OS2. The van der Waals surface area contributed by atoms with E-state index in [1.807, 2.05) is 22.7 Å². The molecule has 0 aliphatic carbocycles. The summed E-state index contributed by atoms with van der Waals surface area (Å²) >= 11 is 3.71. The van der Waals surface area contributed by atoms with Crippen molar-refractivity contribution in [3.05, 3.63) is 346 Å². The topological polar surface area (TPSA) is 25.4 Å². The maximum Gasteiger partial charge on any atom is 0.256 e. The van der Waals surface area contributed by atoms with Gasteiger partial charge in [-0.05, 0) is 166 Å². The van der Waals surface area contributed by atoms with E-state index in [1.165, 1.54) is 62.2 Å². The highest BCUT2D eigenvalue weighted by molar-refractivity contribution is 7.26. The Kier molecular flexibility index (Phi) is 12.9. The van der Waals surface area contributed by atoms with E-state index < -0.39 is 0 Å². The summed E-state index contributed by atoms with van der Waals surface area (Å²) < 4.78 is 12.5. The van der Waals surface area contributed by atoms with Crippen LogP contribution in [0.2, 0.25) is 0 Å². The number of rotatable bonds is 10. The maximum atomic E-state index is 7.51. The minimum Gasteiger partial charge on any atom is -0.458 e. The molecule has 15 aromatic carbocycles. The second kappa shape index (κ2) is 22.6. The van der Waals surface area contributed by atoms with E-state index in [-0.39, 0.29) is 13.4 Å². The van der Waals surface area contributed by atoms with Gasteiger partial charge in [-0.15, -0.1) is 22.7 Å². The first kappa shape index (κ1) is 56.8. The molecule has 0 fully saturated rings. The molecule has 17 aromatic rings. The van der Waals surface area contributed by atoms with Crippen molar-refractivity contribution in [2.24, 2.45) is 0 Å². The number of nitrogens with zero attached hydrogens (tertiary/aromatic N) is 5. The van der Waals surface area contributed by atoms with Gasteiger partial charge in [-0.1, -0.05) is 212 Å². The van der Waals surface area contributed by atoms with E-state index in [9.17, 15) is 0 Å². The Morgan fingerprint density at radius 1 is 0.270 bits per heavy atom. The van der Waals surface area contributed by atoms with E-state index in [4.69, 9.17) is 4.74 Å². The molecule has 0 saturated carbocycles. The lowest BCUT2D eigenvalue weighted by molar-refractivity contribution is 0.487. The van der Waals surface area contributed by atoms with Crippen LogP contribution < -0.4 is 62.0 Å². The molecule has 4 aliphatic rings. The highest BCUT2D eigenvalue weighted by Crippen LogP contribution is 2.55. The number of anilines is 15. The molecule has 0 N–H and O–H groups in total. The average Bonchev–Trinajstić information content (AvgIpc) is 0.803. The van der Waals surface area contributed by atoms with Crippen LogP contribution in [-0.2, 0) is 0 Å². The fraction of sp³-hybridized carbons (Fsp3) is 0. The van der Waals surface area contributed by atoms with Gasteiger partial charge in [-0.25, -0.2) is 0 Å². The van der Waals surface area contributed by atoms with Crippen molar-refractivity contribution in [3.8, 4) is 22.6 Å². The van der Waals surface area contributed by atoms with Crippen LogP contribution in [0.15, 0.2) is 346 Å². The highest BCUT2D eigenvalue weighted by Gasteiger charge is 2.49. The molecule has 10 heteroatoms. The highest BCUT2D eigenvalue weighted by atomic mass is 32.1. The summed E-state index contributed by atoms with van der Waals surface area (Å²) in [4.78, 5) is 12.7. The van der Waals surface area contributed by atoms with Crippen molar-refractivity contribution in [3.63, 3.8) is 0 Å². The lowest BCUT2D eigenvalue weighted by atomic mass is 9.30. The molecule has 100 heavy (non-hydrogen) atoms. The van der Waals surface area contributed by atoms with E-state index >= 15 is 0 Å². The Morgan fingerprint density at radius 2 is 0.730 bits per heavy atom. The summed E-state index contributed by atoms with van der Waals surface area (Å²) in [5.74, 6) is 1.68. The molecule has 0 atom stereocenters. The SMILES string of the molecule is c1ccc(-c2ccccc2N(c2ccccc2)c2cc3c4c(c2)N(c2cccc5sc6ccccc6c25)c2cc5c(cc2B4c2ccccc2O3)B2c3ccccc3N(c3ccccc3)c3cc(N(c4ccccc4)c4cccc6sc7ccccc7c46)cc(c32)N5c2ccccc2)cc1. The Morgan fingerprint density at radius 3 is 1.41 bits per heavy atom. The molecule has 466 valence electrons. The van der Waals surface area contributed by atoms with Crippen molar-refractivity contribution in [2.75, 3.05) is 24.5 Å². The molecule has 6 nitrogen and oxygen atoms in total. The summed E-state index contributed by atoms with van der Waals surface area (Å²) in [6.45, 7) is -0.436. The van der Waals surface area contributed by atoms with Gasteiger partial charge >= 0.3 is 0 Å². The molecule has 0 spiro atoms. The lowest BCUT2D eigenvalue weighted by Crippen LogP contribution is -2.64. The first-order valence-electron chi connectivity index (χ1n) is 34.2. The van der Waals surface area contributed by atoms with Gasteiger partial charge in [0.2, 0.25) is 0 Å². The minimum absolute atomic E-state index is 0.204. The van der Waals surface area contributed by atoms with E-state index in [1.54, 1.807) is 0 Å². The smallest absolute Gasteiger partial charge is 0.256 e. The van der Waals surface area contributed by atoms with Gasteiger partial charge in [-0.3, -0.25) is 0 Å². The van der Waals surface area contributed by atoms with Gasteiger partial charge in [-0.2, -0.15) is 0 Å². The van der Waals surface area contributed by atoms with Crippen LogP contribution in [0.4, 0.5) is 85.3 Å². The van der Waals surface area contributed by atoms with E-state index in [0.717, 1.165) is 119 Å². The molecule has 0 bridgehead atoms. The molecule has 6 heterocycles. The predicted molar refractivity (Wildman–Crippen MR) is 427 cm³/mol. The van der Waals surface area contributed by atoms with E-state index in [2.05, 4.69) is 370 Å². The van der Waals surface area contributed by atoms with Crippen LogP contribution in [0, 0.1) is 0 Å². The third-order valence-electron chi connectivity index (χ3n) is 20.8. The molecule has 0 radical (unpaired) electrons. The predicted octanol–water partition coefficient (Wildman–Crippen LogP) is 21.5. The Bertz CT molecular complexity index is 6150.